The summed E-state index contributed by atoms with van der Waals surface area (Å²) in [5, 5.41) is 2.66. The monoisotopic (exact) mass is 742 g/mol. The molecule has 0 aromatic heterocycles. The van der Waals surface area contributed by atoms with Gasteiger partial charge in [-0.15, -0.1) is 36.6 Å². The van der Waals surface area contributed by atoms with Gasteiger partial charge in [-0.1, -0.05) is 120 Å². The molecule has 0 aliphatic heterocycles. The molecule has 2 fully saturated rings. The zero-order valence-corrected chi connectivity index (χ0v) is 33.9. The summed E-state index contributed by atoms with van der Waals surface area (Å²) in [4.78, 5) is 0. The van der Waals surface area contributed by atoms with Crippen molar-refractivity contribution in [1.29, 1.82) is 0 Å². The van der Waals surface area contributed by atoms with Gasteiger partial charge in [-0.25, -0.2) is 5.92 Å². The molecule has 5 aliphatic carbocycles. The maximum absolute atomic E-state index is 2.63. The van der Waals surface area contributed by atoms with Gasteiger partial charge in [0.2, 0.25) is 0 Å². The number of halogens is 2. The van der Waals surface area contributed by atoms with Crippen LogP contribution in [0.5, 0.6) is 0 Å². The average Bonchev–Trinajstić information content (AvgIpc) is 3.68. The fourth-order valence-electron chi connectivity index (χ4n) is 9.89. The van der Waals surface area contributed by atoms with E-state index < -0.39 is 0 Å². The number of rotatable bonds is 0. The van der Waals surface area contributed by atoms with Crippen molar-refractivity contribution in [2.24, 2.45) is 40.4 Å². The molecule has 5 aliphatic rings. The van der Waals surface area contributed by atoms with E-state index in [1.54, 1.807) is 55.7 Å². The number of allylic oxidation sites excluding steroid dienone is 6. The summed E-state index contributed by atoms with van der Waals surface area (Å²) < 4.78 is 1.80. The van der Waals surface area contributed by atoms with Crippen LogP contribution in [0.4, 0.5) is 0 Å². The van der Waals surface area contributed by atoms with Gasteiger partial charge in [-0.3, -0.25) is 0 Å². The van der Waals surface area contributed by atoms with Crippen LogP contribution < -0.4 is 24.8 Å². The zero-order valence-electron chi connectivity index (χ0n) is 29.9. The topological polar surface area (TPSA) is 0 Å². The first-order chi connectivity index (χ1) is 21.5. The van der Waals surface area contributed by atoms with Crippen LogP contribution in [0.1, 0.15) is 98.6 Å². The Morgan fingerprint density at radius 2 is 1.47 bits per heavy atom. The van der Waals surface area contributed by atoms with Gasteiger partial charge in [0.1, 0.15) is 0 Å². The fourth-order valence-corrected chi connectivity index (χ4v) is 10.8. The van der Waals surface area contributed by atoms with Gasteiger partial charge >= 0.3 is 59.5 Å². The largest absolute Gasteiger partial charge is 0.168 e. The van der Waals surface area contributed by atoms with E-state index >= 15 is 0 Å². The first-order valence-corrected chi connectivity index (χ1v) is 19.0. The maximum atomic E-state index is 2.63. The third kappa shape index (κ3) is 6.34. The van der Waals surface area contributed by atoms with Crippen LogP contribution in [0.25, 0.3) is 16.3 Å². The minimum atomic E-state index is 0. The Hall–Kier alpha value is -1.53. The molecular formula is C44H54Cl2Zr-2. The summed E-state index contributed by atoms with van der Waals surface area (Å²) in [5.41, 5.74) is 9.93. The van der Waals surface area contributed by atoms with Gasteiger partial charge in [0.25, 0.3) is 0 Å². The Morgan fingerprint density at radius 3 is 2.13 bits per heavy atom. The second-order valence-corrected chi connectivity index (χ2v) is 17.1. The van der Waals surface area contributed by atoms with E-state index in [2.05, 4.69) is 134 Å². The van der Waals surface area contributed by atoms with Crippen molar-refractivity contribution in [2.75, 3.05) is 0 Å². The van der Waals surface area contributed by atoms with Crippen molar-refractivity contribution in [3.8, 4) is 0 Å². The number of benzene rings is 2. The van der Waals surface area contributed by atoms with Crippen LogP contribution in [-0.2, 0) is 30.7 Å². The van der Waals surface area contributed by atoms with E-state index in [9.17, 15) is 0 Å². The Kier molecular flexibility index (Phi) is 12.3. The molecule has 3 heteroatoms. The first kappa shape index (κ1) is 38.3. The van der Waals surface area contributed by atoms with Crippen LogP contribution in [0.15, 0.2) is 95.6 Å². The summed E-state index contributed by atoms with van der Waals surface area (Å²) in [5.74, 6) is 4.93. The van der Waals surface area contributed by atoms with Crippen molar-refractivity contribution in [2.45, 2.75) is 93.9 Å². The Bertz CT molecular complexity index is 1630. The molecule has 250 valence electrons. The van der Waals surface area contributed by atoms with Gasteiger partial charge in [0.15, 0.2) is 0 Å². The molecule has 2 saturated carbocycles. The van der Waals surface area contributed by atoms with Gasteiger partial charge < -0.3 is 24.8 Å². The quantitative estimate of drug-likeness (QED) is 0.251. The predicted molar refractivity (Wildman–Crippen MR) is 192 cm³/mol. The van der Waals surface area contributed by atoms with Gasteiger partial charge in [0.05, 0.1) is 0 Å². The Balaban J connectivity index is 0.000000227. The van der Waals surface area contributed by atoms with Crippen molar-refractivity contribution >= 4 is 19.6 Å². The van der Waals surface area contributed by atoms with Crippen LogP contribution in [-0.4, -0.2) is 3.21 Å². The number of hydrogen-bond donors (Lipinski definition) is 0. The minimum absolute atomic E-state index is 0. The molecule has 7 atom stereocenters. The van der Waals surface area contributed by atoms with E-state index in [0.717, 1.165) is 6.42 Å². The summed E-state index contributed by atoms with van der Waals surface area (Å²) in [6, 6.07) is 23.9. The molecule has 3 aromatic rings. The number of hydrogen-bond acceptors (Lipinski definition) is 0. The van der Waals surface area contributed by atoms with Crippen LogP contribution in [0, 0.1) is 46.3 Å². The predicted octanol–water partition coefficient (Wildman–Crippen LogP) is 5.91. The molecular weight excluding hydrogens is 691 g/mol. The summed E-state index contributed by atoms with van der Waals surface area (Å²) in [6.07, 6.45) is 13.4. The smallest absolute Gasteiger partial charge is 0.0809 e. The first-order valence-electron chi connectivity index (χ1n) is 17.8. The second-order valence-electron chi connectivity index (χ2n) is 15.3. The van der Waals surface area contributed by atoms with Crippen LogP contribution in [0.2, 0.25) is 0 Å². The summed E-state index contributed by atoms with van der Waals surface area (Å²) in [7, 11) is 0. The summed E-state index contributed by atoms with van der Waals surface area (Å²) in [6.45, 7) is 20.2. The van der Waals surface area contributed by atoms with Crippen molar-refractivity contribution in [1.82, 2.24) is 0 Å². The summed E-state index contributed by atoms with van der Waals surface area (Å²) >= 11 is 1.69. The molecule has 8 rings (SSSR count). The molecule has 0 spiro atoms. The molecule has 0 heterocycles. The maximum Gasteiger partial charge on any atom is -0.0809 e. The van der Waals surface area contributed by atoms with Crippen LogP contribution >= 0.6 is 0 Å². The van der Waals surface area contributed by atoms with Gasteiger partial charge in [-0.2, -0.15) is 28.7 Å². The molecule has 0 N–H and O–H groups in total. The second kappa shape index (κ2) is 15.2. The molecule has 3 aromatic carbocycles. The average molecular weight is 745 g/mol. The van der Waals surface area contributed by atoms with Gasteiger partial charge in [-0.05, 0) is 34.7 Å². The molecule has 0 amide bonds. The van der Waals surface area contributed by atoms with E-state index in [4.69, 9.17) is 0 Å². The van der Waals surface area contributed by atoms with E-state index in [-0.39, 0.29) is 35.6 Å². The molecule has 0 saturated heterocycles. The van der Waals surface area contributed by atoms with Crippen molar-refractivity contribution in [3.63, 3.8) is 0 Å². The third-order valence-corrected chi connectivity index (χ3v) is 14.7. The zero-order chi connectivity index (χ0) is 32.1. The molecule has 47 heavy (non-hydrogen) atoms. The standard InChI is InChI=1S/C29H37.C9H7.C6H10.2ClH.Zr/c1-16-13-14-25-26-23-12-10-9-11-22(23)15-24(26)27-19(4)17(2)18(3)21(6)29(27,8)28(25,7)20(16)5;1-2-5-9-7-3-6-8(9)4-1;1-2-4-6-5-3-1;;;/h9-14,16-18,20-21H,15H2,1-8H3;1-7H;1-5H2;2*1H;/q2*-1;;;;+2/p-2. The van der Waals surface area contributed by atoms with Crippen molar-refractivity contribution < 1.29 is 49.0 Å². The third-order valence-electron chi connectivity index (χ3n) is 13.5. The number of fused-ring (bicyclic) bond motifs is 7. The van der Waals surface area contributed by atoms with E-state index in [1.807, 2.05) is 0 Å². The van der Waals surface area contributed by atoms with E-state index in [1.165, 1.54) is 54.0 Å². The molecule has 0 radical (unpaired) electrons. The van der Waals surface area contributed by atoms with Crippen molar-refractivity contribution in [3.05, 3.63) is 113 Å². The van der Waals surface area contributed by atoms with Crippen LogP contribution in [0.3, 0.4) is 0 Å². The molecule has 0 nitrogen and oxygen atoms in total. The minimum Gasteiger partial charge on any atom is -0.168 e. The van der Waals surface area contributed by atoms with E-state index in [0.29, 0.717) is 29.6 Å². The normalized spacial score (nSPS) is 32.0. The molecule has 7 unspecified atom stereocenters. The fraction of sp³-hybridized carbons (Fsp3) is 0.477. The Labute approximate surface area is 313 Å². The van der Waals surface area contributed by atoms with Gasteiger partial charge in [0, 0.05) is 5.41 Å². The molecule has 0 bridgehead atoms. The Morgan fingerprint density at radius 1 is 0.809 bits per heavy atom. The SMILES string of the molecule is C[C-]1C2=C3Cc4ccccc4C3=C3C=CC(C)C(C)C3(C)C2(C)C(C)C(C)C1C.[Cl-].[Cl-].[Zr+2]=[C]1CCCCC1.c1ccc2[cH-]ccc2c1.